The third-order valence-corrected chi connectivity index (χ3v) is 5.08. The molecule has 5 nitrogen and oxygen atoms in total. The lowest BCUT2D eigenvalue weighted by molar-refractivity contribution is 1.06. The van der Waals surface area contributed by atoms with E-state index in [-0.39, 0.29) is 0 Å². The summed E-state index contributed by atoms with van der Waals surface area (Å²) in [6.07, 6.45) is 9.13. The number of hydrogen-bond donors (Lipinski definition) is 2. The van der Waals surface area contributed by atoms with E-state index in [0.29, 0.717) is 12.0 Å². The van der Waals surface area contributed by atoms with Crippen molar-refractivity contribution in [3.05, 3.63) is 60.6 Å². The van der Waals surface area contributed by atoms with Gasteiger partial charge in [-0.3, -0.25) is 0 Å². The van der Waals surface area contributed by atoms with Crippen molar-refractivity contribution in [3.63, 3.8) is 0 Å². The molecule has 1 aliphatic carbocycles. The molecule has 0 unspecified atom stereocenters. The quantitative estimate of drug-likeness (QED) is 0.538. The van der Waals surface area contributed by atoms with Crippen LogP contribution < -0.4 is 5.32 Å². The first-order valence-corrected chi connectivity index (χ1v) is 9.47. The molecule has 1 aromatic carbocycles. The van der Waals surface area contributed by atoms with Gasteiger partial charge in [0.15, 0.2) is 0 Å². The molecule has 27 heavy (non-hydrogen) atoms. The van der Waals surface area contributed by atoms with E-state index in [2.05, 4.69) is 57.5 Å². The smallest absolute Gasteiger partial charge is 0.223 e. The van der Waals surface area contributed by atoms with Crippen LogP contribution in [0.5, 0.6) is 0 Å². The molecule has 3 heterocycles. The summed E-state index contributed by atoms with van der Waals surface area (Å²) in [5, 5.41) is 4.45. The summed E-state index contributed by atoms with van der Waals surface area (Å²) in [6.45, 7) is 2.18. The van der Waals surface area contributed by atoms with Crippen molar-refractivity contribution >= 4 is 17.0 Å². The molecule has 0 bridgehead atoms. The average Bonchev–Trinajstić information content (AvgIpc) is 3.43. The molecule has 0 aliphatic heterocycles. The Morgan fingerprint density at radius 1 is 1.11 bits per heavy atom. The zero-order valence-corrected chi connectivity index (χ0v) is 15.2. The lowest BCUT2D eigenvalue weighted by Crippen LogP contribution is -2.05. The summed E-state index contributed by atoms with van der Waals surface area (Å²) >= 11 is 0. The Kier molecular flexibility index (Phi) is 3.85. The number of aromatic nitrogens is 4. The summed E-state index contributed by atoms with van der Waals surface area (Å²) in [5.74, 6) is 0.699. The Labute approximate surface area is 157 Å². The molecule has 0 saturated heterocycles. The van der Waals surface area contributed by atoms with Crippen LogP contribution in [-0.4, -0.2) is 26.0 Å². The number of H-pyrrole nitrogens is 1. The van der Waals surface area contributed by atoms with E-state index in [1.54, 1.807) is 0 Å². The maximum Gasteiger partial charge on any atom is 0.223 e. The lowest BCUT2D eigenvalue weighted by Gasteiger charge is -2.08. The van der Waals surface area contributed by atoms with Crippen LogP contribution >= 0.6 is 0 Å². The van der Waals surface area contributed by atoms with Crippen molar-refractivity contribution < 1.29 is 0 Å². The highest BCUT2D eigenvalue weighted by atomic mass is 15.1. The molecule has 1 fully saturated rings. The van der Waals surface area contributed by atoms with Gasteiger partial charge in [0.05, 0.1) is 5.69 Å². The minimum atomic E-state index is 0.530. The Bertz CT molecular complexity index is 1110. The monoisotopic (exact) mass is 355 g/mol. The van der Waals surface area contributed by atoms with Gasteiger partial charge in [0.1, 0.15) is 5.65 Å². The molecule has 0 radical (unpaired) electrons. The molecule has 1 aliphatic rings. The molecule has 134 valence electrons. The second-order valence-corrected chi connectivity index (χ2v) is 7.02. The zero-order valence-electron chi connectivity index (χ0n) is 15.2. The Balaban J connectivity index is 1.59. The third-order valence-electron chi connectivity index (χ3n) is 5.08. The number of fused-ring (bicyclic) bond motifs is 1. The molecule has 0 amide bonds. The van der Waals surface area contributed by atoms with Crippen molar-refractivity contribution in [2.75, 3.05) is 5.32 Å². The van der Waals surface area contributed by atoms with E-state index in [4.69, 9.17) is 4.98 Å². The van der Waals surface area contributed by atoms with Crippen molar-refractivity contribution in [2.45, 2.75) is 32.2 Å². The van der Waals surface area contributed by atoms with Crippen LogP contribution in [0.25, 0.3) is 33.4 Å². The van der Waals surface area contributed by atoms with Crippen LogP contribution in [0.3, 0.4) is 0 Å². The Morgan fingerprint density at radius 2 is 2.00 bits per heavy atom. The fourth-order valence-electron chi connectivity index (χ4n) is 3.46. The summed E-state index contributed by atoms with van der Waals surface area (Å²) in [5.41, 5.74) is 6.52. The topological polar surface area (TPSA) is 66.5 Å². The van der Waals surface area contributed by atoms with Crippen molar-refractivity contribution in [3.8, 4) is 22.4 Å². The summed E-state index contributed by atoms with van der Waals surface area (Å²) < 4.78 is 0. The molecular weight excluding hydrogens is 334 g/mol. The first-order chi connectivity index (χ1) is 13.3. The molecule has 5 rings (SSSR count). The standard InChI is InChI=1S/C22H21N5/c1-2-14-5-3-4-6-17(14)15-11-18-19(13-25-21(18)24-12-15)20-9-10-23-22(27-20)26-16-7-8-16/h3-6,9-13,16H,2,7-8H2,1H3,(H,24,25)(H,23,26,27). The van der Waals surface area contributed by atoms with Gasteiger partial charge in [-0.1, -0.05) is 31.2 Å². The van der Waals surface area contributed by atoms with Crippen molar-refractivity contribution in [2.24, 2.45) is 0 Å². The van der Waals surface area contributed by atoms with Crippen LogP contribution in [-0.2, 0) is 6.42 Å². The summed E-state index contributed by atoms with van der Waals surface area (Å²) in [6, 6.07) is 13.2. The SMILES string of the molecule is CCc1ccccc1-c1cnc2[nH]cc(-c3ccnc(NC4CC4)n3)c2c1. The Morgan fingerprint density at radius 3 is 2.85 bits per heavy atom. The minimum absolute atomic E-state index is 0.530. The van der Waals surface area contributed by atoms with E-state index < -0.39 is 0 Å². The number of nitrogens with one attached hydrogen (secondary N) is 2. The number of aryl methyl sites for hydroxylation is 1. The number of nitrogens with zero attached hydrogens (tertiary/aromatic N) is 3. The van der Waals surface area contributed by atoms with Gasteiger partial charge in [0, 0.05) is 41.1 Å². The van der Waals surface area contributed by atoms with E-state index in [9.17, 15) is 0 Å². The van der Waals surface area contributed by atoms with Gasteiger partial charge in [-0.05, 0) is 42.5 Å². The molecule has 3 aromatic heterocycles. The maximum atomic E-state index is 4.71. The highest BCUT2D eigenvalue weighted by Crippen LogP contribution is 2.32. The van der Waals surface area contributed by atoms with E-state index in [0.717, 1.165) is 34.3 Å². The third kappa shape index (κ3) is 3.05. The molecule has 1 saturated carbocycles. The normalized spacial score (nSPS) is 13.8. The maximum absolute atomic E-state index is 4.71. The van der Waals surface area contributed by atoms with Crippen LogP contribution in [0.4, 0.5) is 5.95 Å². The molecule has 2 N–H and O–H groups in total. The highest BCUT2D eigenvalue weighted by molar-refractivity contribution is 5.95. The van der Waals surface area contributed by atoms with Gasteiger partial charge in [0.25, 0.3) is 0 Å². The number of anilines is 1. The van der Waals surface area contributed by atoms with Crippen LogP contribution in [0.15, 0.2) is 55.0 Å². The minimum Gasteiger partial charge on any atom is -0.351 e. The number of benzene rings is 1. The largest absolute Gasteiger partial charge is 0.351 e. The average molecular weight is 355 g/mol. The van der Waals surface area contributed by atoms with E-state index in [1.807, 2.05) is 24.7 Å². The summed E-state index contributed by atoms with van der Waals surface area (Å²) in [4.78, 5) is 17.0. The predicted molar refractivity (Wildman–Crippen MR) is 109 cm³/mol. The number of aromatic amines is 1. The first kappa shape index (κ1) is 16.0. The molecule has 0 atom stereocenters. The van der Waals surface area contributed by atoms with Crippen LogP contribution in [0.1, 0.15) is 25.3 Å². The van der Waals surface area contributed by atoms with Gasteiger partial charge in [-0.2, -0.15) is 0 Å². The molecule has 5 heteroatoms. The van der Waals surface area contributed by atoms with Gasteiger partial charge >= 0.3 is 0 Å². The lowest BCUT2D eigenvalue weighted by atomic mass is 9.98. The highest BCUT2D eigenvalue weighted by Gasteiger charge is 2.22. The fraction of sp³-hybridized carbons (Fsp3) is 0.227. The first-order valence-electron chi connectivity index (χ1n) is 9.47. The van der Waals surface area contributed by atoms with Gasteiger partial charge in [-0.25, -0.2) is 15.0 Å². The Hall–Kier alpha value is -3.21. The number of rotatable bonds is 5. The molecule has 0 spiro atoms. The predicted octanol–water partition coefficient (Wildman–Crippen LogP) is 4.82. The van der Waals surface area contributed by atoms with Gasteiger partial charge in [0.2, 0.25) is 5.95 Å². The van der Waals surface area contributed by atoms with Crippen molar-refractivity contribution in [1.82, 2.24) is 19.9 Å². The fourth-order valence-corrected chi connectivity index (χ4v) is 3.46. The molecular formula is C22H21N5. The van der Waals surface area contributed by atoms with Gasteiger partial charge < -0.3 is 10.3 Å². The van der Waals surface area contributed by atoms with Crippen LogP contribution in [0, 0.1) is 0 Å². The second kappa shape index (κ2) is 6.50. The van der Waals surface area contributed by atoms with Crippen molar-refractivity contribution in [1.29, 1.82) is 0 Å². The molecule has 4 aromatic rings. The number of hydrogen-bond acceptors (Lipinski definition) is 4. The van der Waals surface area contributed by atoms with Crippen LogP contribution in [0.2, 0.25) is 0 Å². The number of pyridine rings is 1. The zero-order chi connectivity index (χ0) is 18.2. The van der Waals surface area contributed by atoms with Gasteiger partial charge in [-0.15, -0.1) is 0 Å². The van der Waals surface area contributed by atoms with E-state index >= 15 is 0 Å². The second-order valence-electron chi connectivity index (χ2n) is 7.02. The van der Waals surface area contributed by atoms with E-state index in [1.165, 1.54) is 24.0 Å². The summed E-state index contributed by atoms with van der Waals surface area (Å²) in [7, 11) is 0.